The Morgan fingerprint density at radius 1 is 1.21 bits per heavy atom. The van der Waals surface area contributed by atoms with Crippen molar-refractivity contribution >= 4 is 15.9 Å². The molecule has 0 saturated heterocycles. The zero-order chi connectivity index (χ0) is 20.9. The predicted molar refractivity (Wildman–Crippen MR) is 103 cm³/mol. The molecule has 2 aromatic carbocycles. The molecule has 1 heterocycles. The van der Waals surface area contributed by atoms with Crippen LogP contribution in [0.4, 0.5) is 0 Å². The van der Waals surface area contributed by atoms with Gasteiger partial charge in [-0.15, -0.1) is 0 Å². The van der Waals surface area contributed by atoms with E-state index in [4.69, 9.17) is 19.4 Å². The third-order valence-electron chi connectivity index (χ3n) is 4.38. The maximum Gasteiger partial charge on any atom is 0.244 e. The van der Waals surface area contributed by atoms with Crippen LogP contribution in [-0.4, -0.2) is 56.7 Å². The lowest BCUT2D eigenvalue weighted by atomic mass is 10.2. The second kappa shape index (κ2) is 9.12. The molecule has 1 aliphatic rings. The number of hydrogen-bond donors (Lipinski definition) is 2. The van der Waals surface area contributed by atoms with Crippen LogP contribution in [-0.2, 0) is 14.8 Å². The molecule has 3 rings (SSSR count). The molecule has 1 amide bonds. The number of amides is 1. The van der Waals surface area contributed by atoms with Crippen LogP contribution in [0.15, 0.2) is 53.4 Å². The molecule has 156 valence electrons. The number of methoxy groups -OCH3 is 1. The molecule has 29 heavy (non-hydrogen) atoms. The van der Waals surface area contributed by atoms with Crippen LogP contribution in [0.5, 0.6) is 17.2 Å². The normalized spacial score (nSPS) is 15.8. The summed E-state index contributed by atoms with van der Waals surface area (Å²) >= 11 is 0. The lowest BCUT2D eigenvalue weighted by Gasteiger charge is -2.30. The molecule has 1 aliphatic heterocycles. The average Bonchev–Trinajstić information content (AvgIpc) is 2.76. The van der Waals surface area contributed by atoms with Crippen molar-refractivity contribution in [2.24, 2.45) is 0 Å². The fourth-order valence-electron chi connectivity index (χ4n) is 2.87. The predicted octanol–water partition coefficient (Wildman–Crippen LogP) is 1.42. The molecule has 0 spiro atoms. The molecule has 2 aromatic rings. The topological polar surface area (TPSA) is 114 Å². The molecule has 0 bridgehead atoms. The summed E-state index contributed by atoms with van der Waals surface area (Å²) in [5, 5.41) is 8.73. The zero-order valence-electron chi connectivity index (χ0n) is 15.8. The van der Waals surface area contributed by atoms with Crippen molar-refractivity contribution in [1.82, 2.24) is 9.79 Å². The van der Waals surface area contributed by atoms with Crippen LogP contribution < -0.4 is 19.7 Å². The Balaban J connectivity index is 1.81. The van der Waals surface area contributed by atoms with E-state index in [9.17, 15) is 13.2 Å². The first-order chi connectivity index (χ1) is 13.9. The highest BCUT2D eigenvalue weighted by Crippen LogP contribution is 2.31. The number of hydroxylamine groups is 1. The number of rotatable bonds is 8. The van der Waals surface area contributed by atoms with Gasteiger partial charge in [-0.2, -0.15) is 4.31 Å². The van der Waals surface area contributed by atoms with Gasteiger partial charge in [-0.05, 0) is 36.4 Å². The van der Waals surface area contributed by atoms with Gasteiger partial charge in [-0.3, -0.25) is 10.0 Å². The Morgan fingerprint density at radius 3 is 2.55 bits per heavy atom. The summed E-state index contributed by atoms with van der Waals surface area (Å²) in [6.07, 6.45) is -0.772. The maximum atomic E-state index is 13.1. The highest BCUT2D eigenvalue weighted by molar-refractivity contribution is 7.89. The SMILES string of the molecule is COc1ccc(S(=O)(=O)N(CCC(=O)NO)CC2COc3ccccc3O2)cc1. The summed E-state index contributed by atoms with van der Waals surface area (Å²) in [5.41, 5.74) is 1.51. The van der Waals surface area contributed by atoms with Crippen LogP contribution in [0.3, 0.4) is 0 Å². The van der Waals surface area contributed by atoms with Crippen molar-refractivity contribution in [3.05, 3.63) is 48.5 Å². The van der Waals surface area contributed by atoms with Gasteiger partial charge in [0.05, 0.1) is 18.6 Å². The molecular weight excluding hydrogens is 400 g/mol. The number of nitrogens with one attached hydrogen (secondary N) is 1. The number of para-hydroxylation sites is 2. The fourth-order valence-corrected chi connectivity index (χ4v) is 4.34. The van der Waals surface area contributed by atoms with Crippen molar-refractivity contribution in [2.75, 3.05) is 26.8 Å². The smallest absolute Gasteiger partial charge is 0.244 e. The van der Waals surface area contributed by atoms with E-state index >= 15 is 0 Å². The molecule has 0 radical (unpaired) electrons. The monoisotopic (exact) mass is 422 g/mol. The first-order valence-corrected chi connectivity index (χ1v) is 10.3. The molecule has 0 aromatic heterocycles. The van der Waals surface area contributed by atoms with Gasteiger partial charge in [0.25, 0.3) is 0 Å². The van der Waals surface area contributed by atoms with Crippen molar-refractivity contribution in [3.63, 3.8) is 0 Å². The van der Waals surface area contributed by atoms with Gasteiger partial charge in [-0.1, -0.05) is 12.1 Å². The standard InChI is InChI=1S/C19H22N2O7S/c1-26-14-6-8-16(9-7-14)29(24,25)21(11-10-19(22)20-23)12-15-13-27-17-4-2-3-5-18(17)28-15/h2-9,15,23H,10-13H2,1H3,(H,20,22). The van der Waals surface area contributed by atoms with Crippen molar-refractivity contribution < 1.29 is 32.6 Å². The highest BCUT2D eigenvalue weighted by Gasteiger charge is 2.31. The largest absolute Gasteiger partial charge is 0.497 e. The second-order valence-corrected chi connectivity index (χ2v) is 8.26. The first kappa shape index (κ1) is 20.9. The van der Waals surface area contributed by atoms with E-state index in [1.54, 1.807) is 30.3 Å². The molecule has 1 unspecified atom stereocenters. The first-order valence-electron chi connectivity index (χ1n) is 8.89. The van der Waals surface area contributed by atoms with E-state index < -0.39 is 22.0 Å². The number of benzene rings is 2. The molecule has 0 aliphatic carbocycles. The molecule has 9 nitrogen and oxygen atoms in total. The lowest BCUT2D eigenvalue weighted by molar-refractivity contribution is -0.129. The van der Waals surface area contributed by atoms with Crippen LogP contribution in [0.2, 0.25) is 0 Å². The minimum absolute atomic E-state index is 0.0264. The van der Waals surface area contributed by atoms with Gasteiger partial charge in [0.1, 0.15) is 18.5 Å². The Bertz CT molecular complexity index is 947. The highest BCUT2D eigenvalue weighted by atomic mass is 32.2. The summed E-state index contributed by atoms with van der Waals surface area (Å²) in [6.45, 7) is 0.00150. The van der Waals surface area contributed by atoms with E-state index in [0.717, 1.165) is 4.31 Å². The van der Waals surface area contributed by atoms with Crippen LogP contribution >= 0.6 is 0 Å². The summed E-state index contributed by atoms with van der Waals surface area (Å²) in [6, 6.07) is 13.1. The summed E-state index contributed by atoms with van der Waals surface area (Å²) in [5.74, 6) is 0.952. The third-order valence-corrected chi connectivity index (χ3v) is 6.26. The van der Waals surface area contributed by atoms with Crippen molar-refractivity contribution in [2.45, 2.75) is 17.4 Å². The van der Waals surface area contributed by atoms with Crippen LogP contribution in [0, 0.1) is 0 Å². The Morgan fingerprint density at radius 2 is 1.90 bits per heavy atom. The molecule has 0 saturated carbocycles. The molecule has 2 N–H and O–H groups in total. The number of ether oxygens (including phenoxy) is 3. The number of fused-ring (bicyclic) bond motifs is 1. The zero-order valence-corrected chi connectivity index (χ0v) is 16.6. The van der Waals surface area contributed by atoms with Crippen molar-refractivity contribution in [1.29, 1.82) is 0 Å². The Labute approximate surface area is 168 Å². The number of carbonyl (C=O) groups excluding carboxylic acids is 1. The molecule has 10 heteroatoms. The quantitative estimate of drug-likeness (QED) is 0.488. The number of sulfonamides is 1. The van der Waals surface area contributed by atoms with E-state index in [-0.39, 0.29) is 31.0 Å². The van der Waals surface area contributed by atoms with Crippen LogP contribution in [0.25, 0.3) is 0 Å². The molecule has 1 atom stereocenters. The van der Waals surface area contributed by atoms with E-state index in [0.29, 0.717) is 17.2 Å². The minimum atomic E-state index is -3.93. The lowest BCUT2D eigenvalue weighted by Crippen LogP contribution is -2.44. The van der Waals surface area contributed by atoms with Gasteiger partial charge in [-0.25, -0.2) is 13.9 Å². The van der Waals surface area contributed by atoms with E-state index in [1.807, 2.05) is 6.07 Å². The minimum Gasteiger partial charge on any atom is -0.497 e. The van der Waals surface area contributed by atoms with Crippen molar-refractivity contribution in [3.8, 4) is 17.2 Å². The number of hydrogen-bond acceptors (Lipinski definition) is 7. The van der Waals surface area contributed by atoms with Gasteiger partial charge in [0.2, 0.25) is 15.9 Å². The maximum absolute atomic E-state index is 13.1. The average molecular weight is 422 g/mol. The van der Waals surface area contributed by atoms with Gasteiger partial charge in [0, 0.05) is 13.0 Å². The van der Waals surface area contributed by atoms with E-state index in [2.05, 4.69) is 0 Å². The number of nitrogens with zero attached hydrogens (tertiary/aromatic N) is 1. The molecular formula is C19H22N2O7S. The summed E-state index contributed by atoms with van der Waals surface area (Å²) < 4.78 is 44.0. The van der Waals surface area contributed by atoms with Crippen LogP contribution in [0.1, 0.15) is 6.42 Å². The van der Waals surface area contributed by atoms with Gasteiger partial charge < -0.3 is 14.2 Å². The molecule has 0 fully saturated rings. The van der Waals surface area contributed by atoms with E-state index in [1.165, 1.54) is 24.7 Å². The van der Waals surface area contributed by atoms with Gasteiger partial charge >= 0.3 is 0 Å². The number of carbonyl (C=O) groups is 1. The fraction of sp³-hybridized carbons (Fsp3) is 0.316. The third kappa shape index (κ3) is 4.97. The summed E-state index contributed by atoms with van der Waals surface area (Å²) in [7, 11) is -2.44. The summed E-state index contributed by atoms with van der Waals surface area (Å²) in [4.78, 5) is 11.5. The Hall–Kier alpha value is -2.82. The second-order valence-electron chi connectivity index (χ2n) is 6.32. The Kier molecular flexibility index (Phi) is 6.57. The van der Waals surface area contributed by atoms with Gasteiger partial charge in [0.15, 0.2) is 11.5 Å².